The lowest BCUT2D eigenvalue weighted by Crippen LogP contribution is -2.58. The molecule has 2 aliphatic rings. The molecule has 0 aliphatic carbocycles. The molecule has 6 heteroatoms. The molecule has 0 N–H and O–H groups in total. The lowest BCUT2D eigenvalue weighted by molar-refractivity contribution is -0.0284. The largest absolute Gasteiger partial charge is 0.443 e. The zero-order valence-electron chi connectivity index (χ0n) is 22.5. The molecule has 2 aromatic rings. The molecule has 0 radical (unpaired) electrons. The van der Waals surface area contributed by atoms with Gasteiger partial charge in [0.2, 0.25) is 0 Å². The van der Waals surface area contributed by atoms with Crippen LogP contribution < -0.4 is 0 Å². The van der Waals surface area contributed by atoms with Gasteiger partial charge in [0, 0.05) is 29.2 Å². The molecule has 1 saturated heterocycles. The minimum atomic E-state index is -0.524. The Hall–Kier alpha value is -2.34. The topological polar surface area (TPSA) is 50.6 Å². The third-order valence-electron chi connectivity index (χ3n) is 7.59. The van der Waals surface area contributed by atoms with Crippen molar-refractivity contribution in [1.29, 1.82) is 0 Å². The molecule has 1 unspecified atom stereocenters. The van der Waals surface area contributed by atoms with Crippen LogP contribution in [0, 0.1) is 5.92 Å². The van der Waals surface area contributed by atoms with Gasteiger partial charge in [0.1, 0.15) is 5.60 Å². The van der Waals surface area contributed by atoms with Gasteiger partial charge in [-0.15, -0.1) is 0 Å². The van der Waals surface area contributed by atoms with Gasteiger partial charge in [0.15, 0.2) is 0 Å². The Labute approximate surface area is 204 Å². The fourth-order valence-corrected chi connectivity index (χ4v) is 5.57. The van der Waals surface area contributed by atoms with Gasteiger partial charge in [-0.05, 0) is 98.4 Å². The molecule has 0 saturated carbocycles. The van der Waals surface area contributed by atoms with Gasteiger partial charge in [-0.3, -0.25) is 14.5 Å². The SMILES string of the molecule is CC1CC=C(c2ccc3nn(C4CC(C)(C)N(C)C(C)(C)C4)cc3c2)N(C(=O)OC(C)(C)C)C1. The quantitative estimate of drug-likeness (QED) is 0.508. The van der Waals surface area contributed by atoms with Crippen LogP contribution in [0.4, 0.5) is 4.79 Å². The molecule has 1 fully saturated rings. The van der Waals surface area contributed by atoms with E-state index in [4.69, 9.17) is 9.84 Å². The van der Waals surface area contributed by atoms with Crippen LogP contribution in [0.15, 0.2) is 30.5 Å². The van der Waals surface area contributed by atoms with Crippen LogP contribution >= 0.6 is 0 Å². The standard InChI is InChI=1S/C28H42N4O2/c1-19-10-13-24(31(17-19)25(33)34-26(2,3)4)20-11-12-23-21(14-20)18-32(29-23)22-15-27(5,6)30(9)28(7,8)16-22/h11-14,18-19,22H,10,15-17H2,1-9H3. The number of hydrogen-bond acceptors (Lipinski definition) is 4. The fraction of sp³-hybridized carbons (Fsp3) is 0.643. The van der Waals surface area contributed by atoms with Gasteiger partial charge in [-0.25, -0.2) is 4.79 Å². The second-order valence-corrected chi connectivity index (χ2v) is 12.6. The summed E-state index contributed by atoms with van der Waals surface area (Å²) in [6.07, 6.45) is 7.14. The molecule has 1 aromatic heterocycles. The first-order valence-corrected chi connectivity index (χ1v) is 12.6. The van der Waals surface area contributed by atoms with E-state index in [1.807, 2.05) is 20.8 Å². The molecule has 1 amide bonds. The predicted octanol–water partition coefficient (Wildman–Crippen LogP) is 6.48. The molecule has 6 nitrogen and oxygen atoms in total. The average molecular weight is 467 g/mol. The molecule has 0 bridgehead atoms. The van der Waals surface area contributed by atoms with Crippen molar-refractivity contribution in [3.8, 4) is 0 Å². The summed E-state index contributed by atoms with van der Waals surface area (Å²) in [7, 11) is 2.23. The first kappa shape index (κ1) is 24.8. The van der Waals surface area contributed by atoms with E-state index in [2.05, 4.69) is 81.7 Å². The Kier molecular flexibility index (Phi) is 6.12. The zero-order chi connectivity index (χ0) is 25.1. The molecule has 4 rings (SSSR count). The van der Waals surface area contributed by atoms with Crippen molar-refractivity contribution in [3.05, 3.63) is 36.0 Å². The maximum atomic E-state index is 13.0. The average Bonchev–Trinajstić information content (AvgIpc) is 3.13. The van der Waals surface area contributed by atoms with Crippen LogP contribution in [0.5, 0.6) is 0 Å². The maximum Gasteiger partial charge on any atom is 0.414 e. The second-order valence-electron chi connectivity index (χ2n) is 12.6. The van der Waals surface area contributed by atoms with Gasteiger partial charge in [-0.2, -0.15) is 5.10 Å². The number of aromatic nitrogens is 2. The number of benzene rings is 1. The Morgan fingerprint density at radius 2 is 1.76 bits per heavy atom. The summed E-state index contributed by atoms with van der Waals surface area (Å²) in [5, 5.41) is 6.07. The number of piperidine rings is 1. The van der Waals surface area contributed by atoms with E-state index in [9.17, 15) is 4.79 Å². The lowest BCUT2D eigenvalue weighted by Gasteiger charge is -2.53. The number of likely N-dealkylation sites (tertiary alicyclic amines) is 1. The molecule has 186 valence electrons. The van der Waals surface area contributed by atoms with Crippen LogP contribution in [0.3, 0.4) is 0 Å². The van der Waals surface area contributed by atoms with Crippen molar-refractivity contribution in [2.24, 2.45) is 5.92 Å². The first-order valence-electron chi connectivity index (χ1n) is 12.6. The number of carbonyl (C=O) groups is 1. The Bertz CT molecular complexity index is 1090. The summed E-state index contributed by atoms with van der Waals surface area (Å²) in [4.78, 5) is 17.3. The van der Waals surface area contributed by atoms with Gasteiger partial charge in [-0.1, -0.05) is 19.1 Å². The summed E-state index contributed by atoms with van der Waals surface area (Å²) >= 11 is 0. The van der Waals surface area contributed by atoms with Crippen molar-refractivity contribution >= 4 is 22.7 Å². The molecule has 1 atom stereocenters. The summed E-state index contributed by atoms with van der Waals surface area (Å²) in [5.41, 5.74) is 2.65. The second kappa shape index (κ2) is 8.40. The van der Waals surface area contributed by atoms with E-state index >= 15 is 0 Å². The van der Waals surface area contributed by atoms with E-state index < -0.39 is 5.60 Å². The fourth-order valence-electron chi connectivity index (χ4n) is 5.57. The van der Waals surface area contributed by atoms with E-state index in [1.54, 1.807) is 4.90 Å². The predicted molar refractivity (Wildman–Crippen MR) is 139 cm³/mol. The lowest BCUT2D eigenvalue weighted by atomic mass is 9.77. The van der Waals surface area contributed by atoms with Gasteiger partial charge in [0.05, 0.1) is 17.3 Å². The van der Waals surface area contributed by atoms with Crippen LogP contribution in [0.25, 0.3) is 16.6 Å². The molecule has 34 heavy (non-hydrogen) atoms. The third kappa shape index (κ3) is 4.88. The monoisotopic (exact) mass is 466 g/mol. The Morgan fingerprint density at radius 1 is 1.12 bits per heavy atom. The van der Waals surface area contributed by atoms with Crippen molar-refractivity contribution in [3.63, 3.8) is 0 Å². The van der Waals surface area contributed by atoms with E-state index in [0.717, 1.165) is 41.4 Å². The third-order valence-corrected chi connectivity index (χ3v) is 7.59. The van der Waals surface area contributed by atoms with Crippen LogP contribution in [0.2, 0.25) is 0 Å². The van der Waals surface area contributed by atoms with Gasteiger partial charge >= 0.3 is 6.09 Å². The van der Waals surface area contributed by atoms with Crippen LogP contribution in [-0.4, -0.2) is 55.9 Å². The van der Waals surface area contributed by atoms with E-state index in [1.165, 1.54) is 0 Å². The summed E-state index contributed by atoms with van der Waals surface area (Å²) in [5.74, 6) is 0.402. The number of fused-ring (bicyclic) bond motifs is 1. The summed E-state index contributed by atoms with van der Waals surface area (Å²) in [6, 6.07) is 6.69. The van der Waals surface area contributed by atoms with Crippen molar-refractivity contribution < 1.29 is 9.53 Å². The smallest absolute Gasteiger partial charge is 0.414 e. The number of carbonyl (C=O) groups excluding carboxylic acids is 1. The number of amides is 1. The first-order chi connectivity index (χ1) is 15.7. The minimum Gasteiger partial charge on any atom is -0.443 e. The Balaban J connectivity index is 1.65. The number of hydrogen-bond donors (Lipinski definition) is 0. The van der Waals surface area contributed by atoms with Gasteiger partial charge in [0.25, 0.3) is 0 Å². The summed E-state index contributed by atoms with van der Waals surface area (Å²) in [6.45, 7) is 17.9. The number of rotatable bonds is 2. The Morgan fingerprint density at radius 3 is 2.38 bits per heavy atom. The highest BCUT2D eigenvalue weighted by Crippen LogP contribution is 2.42. The minimum absolute atomic E-state index is 0.104. The van der Waals surface area contributed by atoms with Crippen LogP contribution in [-0.2, 0) is 4.74 Å². The number of allylic oxidation sites excluding steroid dienone is 1. The molecule has 0 spiro atoms. The highest BCUT2D eigenvalue weighted by atomic mass is 16.6. The maximum absolute atomic E-state index is 13.0. The summed E-state index contributed by atoms with van der Waals surface area (Å²) < 4.78 is 7.90. The number of ether oxygens (including phenoxy) is 1. The van der Waals surface area contributed by atoms with E-state index in [0.29, 0.717) is 18.5 Å². The number of nitrogens with zero attached hydrogens (tertiary/aromatic N) is 4. The van der Waals surface area contributed by atoms with Crippen molar-refractivity contribution in [2.75, 3.05) is 13.6 Å². The van der Waals surface area contributed by atoms with Crippen molar-refractivity contribution in [1.82, 2.24) is 19.6 Å². The molecule has 2 aliphatic heterocycles. The normalized spacial score (nSPS) is 23.7. The molecular formula is C28H42N4O2. The highest BCUT2D eigenvalue weighted by molar-refractivity contribution is 5.87. The zero-order valence-corrected chi connectivity index (χ0v) is 22.5. The van der Waals surface area contributed by atoms with Crippen LogP contribution in [0.1, 0.15) is 86.3 Å². The molecular weight excluding hydrogens is 424 g/mol. The highest BCUT2D eigenvalue weighted by Gasteiger charge is 2.43. The molecule has 3 heterocycles. The van der Waals surface area contributed by atoms with Crippen molar-refractivity contribution in [2.45, 2.75) is 97.4 Å². The molecule has 1 aromatic carbocycles. The van der Waals surface area contributed by atoms with Gasteiger partial charge < -0.3 is 4.74 Å². The van der Waals surface area contributed by atoms with E-state index in [-0.39, 0.29) is 17.2 Å².